The Balaban J connectivity index is 1.41. The molecule has 1 aliphatic carbocycles. The van der Waals surface area contributed by atoms with Crippen molar-refractivity contribution in [3.63, 3.8) is 0 Å². The SMILES string of the molecule is O=C(NCCNC1CCCCCC1)c1cn(Cc2cccc(F)c2)nn1. The highest BCUT2D eigenvalue weighted by Gasteiger charge is 2.13. The monoisotopic (exact) mass is 359 g/mol. The fraction of sp³-hybridized carbons (Fsp3) is 0.526. The number of hydrogen-bond donors (Lipinski definition) is 2. The molecule has 2 aromatic rings. The first-order valence-electron chi connectivity index (χ1n) is 9.37. The van der Waals surface area contributed by atoms with Crippen LogP contribution in [0.15, 0.2) is 30.5 Å². The van der Waals surface area contributed by atoms with E-state index in [1.807, 2.05) is 6.07 Å². The number of amides is 1. The van der Waals surface area contributed by atoms with E-state index in [-0.39, 0.29) is 17.4 Å². The largest absolute Gasteiger partial charge is 0.349 e. The van der Waals surface area contributed by atoms with Gasteiger partial charge in [0.1, 0.15) is 5.82 Å². The third kappa shape index (κ3) is 5.62. The van der Waals surface area contributed by atoms with E-state index < -0.39 is 0 Å². The maximum absolute atomic E-state index is 13.2. The van der Waals surface area contributed by atoms with Crippen LogP contribution in [0.25, 0.3) is 0 Å². The second kappa shape index (κ2) is 9.43. The van der Waals surface area contributed by atoms with Crippen LogP contribution in [0.3, 0.4) is 0 Å². The maximum Gasteiger partial charge on any atom is 0.273 e. The molecule has 6 nitrogen and oxygen atoms in total. The second-order valence-corrected chi connectivity index (χ2v) is 6.83. The van der Waals surface area contributed by atoms with Gasteiger partial charge in [0, 0.05) is 19.1 Å². The number of carbonyl (C=O) groups excluding carboxylic acids is 1. The van der Waals surface area contributed by atoms with Crippen molar-refractivity contribution in [3.8, 4) is 0 Å². The van der Waals surface area contributed by atoms with Crippen molar-refractivity contribution in [2.45, 2.75) is 51.1 Å². The van der Waals surface area contributed by atoms with Gasteiger partial charge in [-0.15, -0.1) is 5.10 Å². The van der Waals surface area contributed by atoms with Gasteiger partial charge in [-0.1, -0.05) is 43.0 Å². The fourth-order valence-electron chi connectivity index (χ4n) is 3.33. The summed E-state index contributed by atoms with van der Waals surface area (Å²) in [5.41, 5.74) is 1.05. The van der Waals surface area contributed by atoms with Crippen molar-refractivity contribution in [3.05, 3.63) is 47.5 Å². The summed E-state index contributed by atoms with van der Waals surface area (Å²) >= 11 is 0. The minimum Gasteiger partial charge on any atom is -0.349 e. The molecule has 1 amide bonds. The molecular weight excluding hydrogens is 333 g/mol. The predicted molar refractivity (Wildman–Crippen MR) is 97.3 cm³/mol. The summed E-state index contributed by atoms with van der Waals surface area (Å²) < 4.78 is 14.8. The van der Waals surface area contributed by atoms with E-state index in [0.717, 1.165) is 12.1 Å². The molecule has 26 heavy (non-hydrogen) atoms. The number of nitrogens with one attached hydrogen (secondary N) is 2. The summed E-state index contributed by atoms with van der Waals surface area (Å²) in [7, 11) is 0. The van der Waals surface area contributed by atoms with Gasteiger partial charge in [0.25, 0.3) is 5.91 Å². The summed E-state index contributed by atoms with van der Waals surface area (Å²) in [5, 5.41) is 14.2. The predicted octanol–water partition coefficient (Wildman–Crippen LogP) is 2.51. The summed E-state index contributed by atoms with van der Waals surface area (Å²) in [4.78, 5) is 12.2. The van der Waals surface area contributed by atoms with Crippen molar-refractivity contribution in [1.29, 1.82) is 0 Å². The minimum absolute atomic E-state index is 0.238. The zero-order valence-corrected chi connectivity index (χ0v) is 15.0. The van der Waals surface area contributed by atoms with Crippen molar-refractivity contribution in [1.82, 2.24) is 25.6 Å². The van der Waals surface area contributed by atoms with Crippen LogP contribution in [0.1, 0.15) is 54.6 Å². The highest BCUT2D eigenvalue weighted by molar-refractivity contribution is 5.91. The Morgan fingerprint density at radius 3 is 2.77 bits per heavy atom. The van der Waals surface area contributed by atoms with Gasteiger partial charge < -0.3 is 10.6 Å². The first-order valence-corrected chi connectivity index (χ1v) is 9.37. The average Bonchev–Trinajstić information content (AvgIpc) is 2.93. The molecule has 0 spiro atoms. The van der Waals surface area contributed by atoms with Gasteiger partial charge in [-0.3, -0.25) is 4.79 Å². The maximum atomic E-state index is 13.2. The molecule has 0 saturated heterocycles. The molecule has 1 saturated carbocycles. The second-order valence-electron chi connectivity index (χ2n) is 6.83. The van der Waals surface area contributed by atoms with Crippen LogP contribution in [0.5, 0.6) is 0 Å². The number of aromatic nitrogens is 3. The van der Waals surface area contributed by atoms with E-state index in [9.17, 15) is 9.18 Å². The van der Waals surface area contributed by atoms with Gasteiger partial charge in [0.15, 0.2) is 5.69 Å². The van der Waals surface area contributed by atoms with E-state index >= 15 is 0 Å². The molecule has 0 unspecified atom stereocenters. The number of carbonyl (C=O) groups is 1. The van der Waals surface area contributed by atoms with E-state index in [1.54, 1.807) is 12.3 Å². The molecule has 1 aromatic heterocycles. The zero-order valence-electron chi connectivity index (χ0n) is 15.0. The Morgan fingerprint density at radius 2 is 2.00 bits per heavy atom. The van der Waals surface area contributed by atoms with Crippen LogP contribution in [-0.2, 0) is 6.54 Å². The molecule has 1 heterocycles. The lowest BCUT2D eigenvalue weighted by Gasteiger charge is -2.16. The molecule has 140 valence electrons. The summed E-state index contributed by atoms with van der Waals surface area (Å²) in [5.74, 6) is -0.528. The molecule has 1 aliphatic rings. The summed E-state index contributed by atoms with van der Waals surface area (Å²) in [6.07, 6.45) is 9.28. The van der Waals surface area contributed by atoms with Crippen molar-refractivity contribution < 1.29 is 9.18 Å². The highest BCUT2D eigenvalue weighted by atomic mass is 19.1. The quantitative estimate of drug-likeness (QED) is 0.589. The first kappa shape index (κ1) is 18.5. The third-order valence-corrected chi connectivity index (χ3v) is 4.70. The lowest BCUT2D eigenvalue weighted by Crippen LogP contribution is -2.37. The lowest BCUT2D eigenvalue weighted by atomic mass is 10.1. The Kier molecular flexibility index (Phi) is 6.71. The molecule has 1 aromatic carbocycles. The topological polar surface area (TPSA) is 71.8 Å². The molecule has 3 rings (SSSR count). The number of rotatable bonds is 7. The van der Waals surface area contributed by atoms with Gasteiger partial charge >= 0.3 is 0 Å². The third-order valence-electron chi connectivity index (χ3n) is 4.70. The Hall–Kier alpha value is -2.28. The van der Waals surface area contributed by atoms with Crippen LogP contribution in [-0.4, -0.2) is 40.0 Å². The molecule has 0 bridgehead atoms. The molecule has 2 N–H and O–H groups in total. The fourth-order valence-corrected chi connectivity index (χ4v) is 3.33. The van der Waals surface area contributed by atoms with Crippen molar-refractivity contribution >= 4 is 5.91 Å². The molecule has 0 atom stereocenters. The van der Waals surface area contributed by atoms with E-state index in [1.165, 1.54) is 55.3 Å². The van der Waals surface area contributed by atoms with Crippen LogP contribution in [0.4, 0.5) is 4.39 Å². The van der Waals surface area contributed by atoms with E-state index in [4.69, 9.17) is 0 Å². The molecule has 0 radical (unpaired) electrons. The lowest BCUT2D eigenvalue weighted by molar-refractivity contribution is 0.0948. The van der Waals surface area contributed by atoms with E-state index in [2.05, 4.69) is 20.9 Å². The van der Waals surface area contributed by atoms with Crippen molar-refractivity contribution in [2.24, 2.45) is 0 Å². The standard InChI is InChI=1S/C19H26FN5O/c20-16-7-5-6-15(12-16)13-25-14-18(23-24-25)19(26)22-11-10-21-17-8-3-1-2-4-9-17/h5-7,12,14,17,21H,1-4,8-11,13H2,(H,22,26). The number of nitrogens with zero attached hydrogens (tertiary/aromatic N) is 3. The zero-order chi connectivity index (χ0) is 18.2. The molecular formula is C19H26FN5O. The van der Waals surface area contributed by atoms with Crippen molar-refractivity contribution in [2.75, 3.05) is 13.1 Å². The van der Waals surface area contributed by atoms with Gasteiger partial charge in [-0.2, -0.15) is 0 Å². The highest BCUT2D eigenvalue weighted by Crippen LogP contribution is 2.16. The minimum atomic E-state index is -0.290. The van der Waals surface area contributed by atoms with Crippen LogP contribution >= 0.6 is 0 Å². The average molecular weight is 359 g/mol. The van der Waals surface area contributed by atoms with Crippen LogP contribution < -0.4 is 10.6 Å². The van der Waals surface area contributed by atoms with Gasteiger partial charge in [0.05, 0.1) is 12.7 Å². The number of benzene rings is 1. The molecule has 7 heteroatoms. The van der Waals surface area contributed by atoms with Crippen LogP contribution in [0.2, 0.25) is 0 Å². The van der Waals surface area contributed by atoms with Gasteiger partial charge in [0.2, 0.25) is 0 Å². The van der Waals surface area contributed by atoms with Gasteiger partial charge in [-0.05, 0) is 30.5 Å². The summed E-state index contributed by atoms with van der Waals surface area (Å²) in [6.45, 7) is 1.70. The first-order chi connectivity index (χ1) is 12.7. The van der Waals surface area contributed by atoms with Gasteiger partial charge in [-0.25, -0.2) is 9.07 Å². The Morgan fingerprint density at radius 1 is 1.19 bits per heavy atom. The Bertz CT molecular complexity index is 709. The number of hydrogen-bond acceptors (Lipinski definition) is 4. The number of halogens is 1. The molecule has 1 fully saturated rings. The van der Waals surface area contributed by atoms with E-state index in [0.29, 0.717) is 19.1 Å². The molecule has 0 aliphatic heterocycles. The Labute approximate surface area is 153 Å². The normalized spacial score (nSPS) is 15.6. The van der Waals surface area contributed by atoms with Crippen LogP contribution in [0, 0.1) is 5.82 Å². The smallest absolute Gasteiger partial charge is 0.273 e. The summed E-state index contributed by atoms with van der Waals surface area (Å²) in [6, 6.07) is 6.87.